The first kappa shape index (κ1) is 12.7. The highest BCUT2D eigenvalue weighted by molar-refractivity contribution is 5.80. The molecular formula is C13H25NO. The molecule has 1 aliphatic heterocycles. The summed E-state index contributed by atoms with van der Waals surface area (Å²) in [6, 6.07) is 0.117. The molecule has 1 aliphatic rings. The zero-order chi connectivity index (χ0) is 11.6. The molecule has 0 bridgehead atoms. The van der Waals surface area contributed by atoms with Gasteiger partial charge in [-0.25, -0.2) is 0 Å². The van der Waals surface area contributed by atoms with Gasteiger partial charge in [-0.2, -0.15) is 0 Å². The van der Waals surface area contributed by atoms with Crippen molar-refractivity contribution in [3.63, 3.8) is 0 Å². The van der Waals surface area contributed by atoms with Gasteiger partial charge in [-0.05, 0) is 51.1 Å². The van der Waals surface area contributed by atoms with E-state index < -0.39 is 0 Å². The van der Waals surface area contributed by atoms with Gasteiger partial charge in [0.25, 0.3) is 0 Å². The lowest BCUT2D eigenvalue weighted by Gasteiger charge is -2.40. The molecule has 0 aromatic rings. The number of ketones is 1. The van der Waals surface area contributed by atoms with Crippen molar-refractivity contribution in [3.8, 4) is 0 Å². The van der Waals surface area contributed by atoms with Gasteiger partial charge >= 0.3 is 0 Å². The molecule has 15 heavy (non-hydrogen) atoms. The molecule has 1 rings (SSSR count). The SMILES string of the molecule is CC(=O)C(C)N1CCC(C(C)(C)C)CC1. The van der Waals surface area contributed by atoms with E-state index in [9.17, 15) is 4.79 Å². The fourth-order valence-electron chi connectivity index (χ4n) is 2.41. The number of nitrogens with zero attached hydrogens (tertiary/aromatic N) is 1. The molecule has 0 radical (unpaired) electrons. The molecule has 1 fully saturated rings. The van der Waals surface area contributed by atoms with E-state index >= 15 is 0 Å². The molecule has 0 aliphatic carbocycles. The zero-order valence-corrected chi connectivity index (χ0v) is 10.8. The van der Waals surface area contributed by atoms with Crippen LogP contribution in [0.1, 0.15) is 47.5 Å². The minimum absolute atomic E-state index is 0.117. The van der Waals surface area contributed by atoms with Gasteiger partial charge in [0.15, 0.2) is 0 Å². The summed E-state index contributed by atoms with van der Waals surface area (Å²) in [5.74, 6) is 1.11. The standard InChI is InChI=1S/C13H25NO/c1-10(11(2)15)14-8-6-12(7-9-14)13(3,4)5/h10,12H,6-9H2,1-5H3. The summed E-state index contributed by atoms with van der Waals surface area (Å²) in [5, 5.41) is 0. The number of piperidine rings is 1. The molecule has 0 N–H and O–H groups in total. The first-order chi connectivity index (χ1) is 6.82. The molecule has 1 unspecified atom stereocenters. The molecule has 0 spiro atoms. The Morgan fingerprint density at radius 2 is 1.73 bits per heavy atom. The summed E-state index contributed by atoms with van der Waals surface area (Å²) in [5.41, 5.74) is 0.422. The third-order valence-corrected chi connectivity index (χ3v) is 3.89. The molecule has 1 heterocycles. The zero-order valence-electron chi connectivity index (χ0n) is 10.8. The quantitative estimate of drug-likeness (QED) is 0.700. The first-order valence-corrected chi connectivity index (χ1v) is 6.07. The van der Waals surface area contributed by atoms with Crippen LogP contribution in [0.2, 0.25) is 0 Å². The largest absolute Gasteiger partial charge is 0.298 e. The Labute approximate surface area is 94.0 Å². The maximum atomic E-state index is 11.3. The number of rotatable bonds is 2. The number of carbonyl (C=O) groups is 1. The topological polar surface area (TPSA) is 20.3 Å². The summed E-state index contributed by atoms with van der Waals surface area (Å²) >= 11 is 0. The van der Waals surface area contributed by atoms with Gasteiger partial charge in [-0.15, -0.1) is 0 Å². The maximum Gasteiger partial charge on any atom is 0.146 e. The lowest BCUT2D eigenvalue weighted by Crippen LogP contribution is -2.45. The van der Waals surface area contributed by atoms with Crippen LogP contribution in [-0.4, -0.2) is 29.8 Å². The number of hydrogen-bond acceptors (Lipinski definition) is 2. The average Bonchev–Trinajstić information content (AvgIpc) is 2.15. The molecule has 88 valence electrons. The second-order valence-electron chi connectivity index (χ2n) is 5.96. The van der Waals surface area contributed by atoms with E-state index in [2.05, 4.69) is 25.7 Å². The van der Waals surface area contributed by atoms with Gasteiger partial charge in [0.1, 0.15) is 5.78 Å². The van der Waals surface area contributed by atoms with Gasteiger partial charge in [0, 0.05) is 0 Å². The number of likely N-dealkylation sites (tertiary alicyclic amines) is 1. The smallest absolute Gasteiger partial charge is 0.146 e. The first-order valence-electron chi connectivity index (χ1n) is 6.07. The third-order valence-electron chi connectivity index (χ3n) is 3.89. The molecule has 0 aromatic heterocycles. The Hall–Kier alpha value is -0.370. The summed E-state index contributed by atoms with van der Waals surface area (Å²) in [6.45, 7) is 12.9. The van der Waals surface area contributed by atoms with E-state index in [0.717, 1.165) is 19.0 Å². The summed E-state index contributed by atoms with van der Waals surface area (Å²) in [7, 11) is 0. The fraction of sp³-hybridized carbons (Fsp3) is 0.923. The predicted octanol–water partition coefficient (Wildman–Crippen LogP) is 2.72. The Morgan fingerprint density at radius 1 is 1.27 bits per heavy atom. The van der Waals surface area contributed by atoms with Gasteiger partial charge in [-0.3, -0.25) is 9.69 Å². The van der Waals surface area contributed by atoms with Crippen LogP contribution < -0.4 is 0 Å². The van der Waals surface area contributed by atoms with Crippen molar-refractivity contribution in [3.05, 3.63) is 0 Å². The van der Waals surface area contributed by atoms with Crippen LogP contribution in [0.15, 0.2) is 0 Å². The van der Waals surface area contributed by atoms with Crippen LogP contribution in [0.25, 0.3) is 0 Å². The van der Waals surface area contributed by atoms with Crippen molar-refractivity contribution in [1.82, 2.24) is 4.90 Å². The third kappa shape index (κ3) is 3.30. The van der Waals surface area contributed by atoms with Crippen LogP contribution in [0.5, 0.6) is 0 Å². The molecule has 1 atom stereocenters. The lowest BCUT2D eigenvalue weighted by atomic mass is 9.75. The minimum Gasteiger partial charge on any atom is -0.298 e. The van der Waals surface area contributed by atoms with E-state index in [1.807, 2.05) is 6.92 Å². The molecule has 0 saturated carbocycles. The number of carbonyl (C=O) groups excluding carboxylic acids is 1. The van der Waals surface area contributed by atoms with E-state index in [1.165, 1.54) is 12.8 Å². The van der Waals surface area contributed by atoms with Crippen molar-refractivity contribution < 1.29 is 4.79 Å². The van der Waals surface area contributed by atoms with E-state index in [4.69, 9.17) is 0 Å². The van der Waals surface area contributed by atoms with Crippen LogP contribution in [0.3, 0.4) is 0 Å². The van der Waals surface area contributed by atoms with Crippen molar-refractivity contribution in [1.29, 1.82) is 0 Å². The average molecular weight is 211 g/mol. The van der Waals surface area contributed by atoms with Crippen molar-refractivity contribution in [2.75, 3.05) is 13.1 Å². The Balaban J connectivity index is 2.46. The highest BCUT2D eigenvalue weighted by Crippen LogP contribution is 2.34. The van der Waals surface area contributed by atoms with E-state index in [1.54, 1.807) is 6.92 Å². The van der Waals surface area contributed by atoms with Gasteiger partial charge < -0.3 is 0 Å². The minimum atomic E-state index is 0.117. The second kappa shape index (κ2) is 4.65. The predicted molar refractivity (Wildman–Crippen MR) is 63.9 cm³/mol. The van der Waals surface area contributed by atoms with Crippen molar-refractivity contribution >= 4 is 5.78 Å². The van der Waals surface area contributed by atoms with Crippen LogP contribution >= 0.6 is 0 Å². The highest BCUT2D eigenvalue weighted by atomic mass is 16.1. The van der Waals surface area contributed by atoms with E-state index in [0.29, 0.717) is 11.2 Å². The molecule has 0 aromatic carbocycles. The molecule has 2 nitrogen and oxygen atoms in total. The summed E-state index contributed by atoms with van der Waals surface area (Å²) in [6.07, 6.45) is 2.47. The van der Waals surface area contributed by atoms with Crippen molar-refractivity contribution in [2.45, 2.75) is 53.5 Å². The Bertz CT molecular complexity index is 221. The van der Waals surface area contributed by atoms with Gasteiger partial charge in [0.05, 0.1) is 6.04 Å². The van der Waals surface area contributed by atoms with Crippen LogP contribution in [0.4, 0.5) is 0 Å². The molecular weight excluding hydrogens is 186 g/mol. The summed E-state index contributed by atoms with van der Waals surface area (Å²) in [4.78, 5) is 13.6. The van der Waals surface area contributed by atoms with Crippen LogP contribution in [0, 0.1) is 11.3 Å². The molecule has 2 heteroatoms. The van der Waals surface area contributed by atoms with Gasteiger partial charge in [0.2, 0.25) is 0 Å². The number of Topliss-reactive ketones (excluding diaryl/α,β-unsaturated/α-hetero) is 1. The molecule has 0 amide bonds. The highest BCUT2D eigenvalue weighted by Gasteiger charge is 2.30. The van der Waals surface area contributed by atoms with Crippen LogP contribution in [-0.2, 0) is 4.79 Å². The molecule has 1 saturated heterocycles. The monoisotopic (exact) mass is 211 g/mol. The van der Waals surface area contributed by atoms with E-state index in [-0.39, 0.29) is 6.04 Å². The maximum absolute atomic E-state index is 11.3. The normalized spacial score (nSPS) is 22.7. The fourth-order valence-corrected chi connectivity index (χ4v) is 2.41. The van der Waals surface area contributed by atoms with Crippen molar-refractivity contribution in [2.24, 2.45) is 11.3 Å². The lowest BCUT2D eigenvalue weighted by molar-refractivity contribution is -0.122. The summed E-state index contributed by atoms with van der Waals surface area (Å²) < 4.78 is 0. The number of hydrogen-bond donors (Lipinski definition) is 0. The Kier molecular flexibility index (Phi) is 3.93. The Morgan fingerprint density at radius 3 is 2.07 bits per heavy atom. The second-order valence-corrected chi connectivity index (χ2v) is 5.96. The van der Waals surface area contributed by atoms with Gasteiger partial charge in [-0.1, -0.05) is 20.8 Å².